The van der Waals surface area contributed by atoms with Gasteiger partial charge in [-0.05, 0) is 62.4 Å². The normalized spacial score (nSPS) is 17.5. The molecule has 1 aliphatic heterocycles. The van der Waals surface area contributed by atoms with E-state index in [9.17, 15) is 15.2 Å². The van der Waals surface area contributed by atoms with Gasteiger partial charge in [-0.1, -0.05) is 23.4 Å². The van der Waals surface area contributed by atoms with E-state index in [1.54, 1.807) is 23.1 Å². The molecule has 180 valence electrons. The van der Waals surface area contributed by atoms with Crippen molar-refractivity contribution in [3.05, 3.63) is 53.1 Å². The molecule has 5 rings (SSSR count). The monoisotopic (exact) mass is 473 g/mol. The van der Waals surface area contributed by atoms with Crippen molar-refractivity contribution in [1.82, 2.24) is 20.4 Å². The van der Waals surface area contributed by atoms with Crippen LogP contribution >= 0.6 is 0 Å². The fourth-order valence-electron chi connectivity index (χ4n) is 4.63. The maximum absolute atomic E-state index is 12.5. The first-order valence-corrected chi connectivity index (χ1v) is 11.8. The Balaban J connectivity index is 1.40. The quantitative estimate of drug-likeness (QED) is 0.577. The molecule has 0 bridgehead atoms. The van der Waals surface area contributed by atoms with Gasteiger partial charge in [0.15, 0.2) is 0 Å². The van der Waals surface area contributed by atoms with Crippen molar-refractivity contribution in [2.24, 2.45) is 0 Å². The number of aliphatic hydroxyl groups excluding tert-OH is 1. The van der Waals surface area contributed by atoms with Gasteiger partial charge in [0.1, 0.15) is 11.8 Å². The summed E-state index contributed by atoms with van der Waals surface area (Å²) in [6, 6.07) is 13.1. The number of hydrogen-bond donors (Lipinski definition) is 2. The number of likely N-dealkylation sites (tertiary alicyclic amines) is 1. The zero-order valence-electron chi connectivity index (χ0n) is 19.7. The molecule has 2 N–H and O–H groups in total. The van der Waals surface area contributed by atoms with Crippen molar-refractivity contribution in [1.29, 1.82) is 5.26 Å². The number of rotatable bonds is 5. The lowest BCUT2D eigenvalue weighted by Crippen LogP contribution is -2.57. The highest BCUT2D eigenvalue weighted by molar-refractivity contribution is 5.76. The number of nitrogens with zero attached hydrogens (tertiary/aromatic N) is 4. The van der Waals surface area contributed by atoms with Gasteiger partial charge in [-0.25, -0.2) is 4.79 Å². The molecule has 1 fully saturated rings. The standard InChI is InChI=1S/C26H27N5O4/c1-15(2)34-23-10-9-16(11-17(23)12-27)25-29-24(30-35-25)21-7-3-6-20-19(21)5-4-8-22(20)28-26(33)31-13-18(32)14-31/h3,6-7,9-11,15,18,22,32H,4-5,8,13-14H2,1-2H3,(H,28,33)/t22-/m1/s1. The van der Waals surface area contributed by atoms with Gasteiger partial charge >= 0.3 is 6.03 Å². The van der Waals surface area contributed by atoms with Crippen molar-refractivity contribution in [3.8, 4) is 34.7 Å². The molecule has 35 heavy (non-hydrogen) atoms. The molecule has 1 saturated heterocycles. The summed E-state index contributed by atoms with van der Waals surface area (Å²) in [7, 11) is 0. The molecule has 1 aromatic heterocycles. The Labute approximate surface area is 203 Å². The van der Waals surface area contributed by atoms with Crippen LogP contribution in [0.25, 0.3) is 22.8 Å². The predicted octanol–water partition coefficient (Wildman–Crippen LogP) is 3.83. The van der Waals surface area contributed by atoms with Crippen molar-refractivity contribution >= 4 is 6.03 Å². The smallest absolute Gasteiger partial charge is 0.318 e. The Bertz CT molecular complexity index is 1290. The van der Waals surface area contributed by atoms with E-state index in [4.69, 9.17) is 9.26 Å². The molecule has 0 spiro atoms. The third kappa shape index (κ3) is 4.57. The number of aliphatic hydroxyl groups is 1. The Morgan fingerprint density at radius 2 is 2.14 bits per heavy atom. The molecular weight excluding hydrogens is 446 g/mol. The molecular formula is C26H27N5O4. The first kappa shape index (κ1) is 22.9. The van der Waals surface area contributed by atoms with Crippen LogP contribution in [0.3, 0.4) is 0 Å². The number of carbonyl (C=O) groups is 1. The van der Waals surface area contributed by atoms with Crippen molar-refractivity contribution in [2.45, 2.75) is 51.4 Å². The Morgan fingerprint density at radius 3 is 2.89 bits per heavy atom. The number of aromatic nitrogens is 2. The first-order valence-electron chi connectivity index (χ1n) is 11.8. The van der Waals surface area contributed by atoms with E-state index >= 15 is 0 Å². The highest BCUT2D eigenvalue weighted by Gasteiger charge is 2.32. The lowest BCUT2D eigenvalue weighted by molar-refractivity contribution is 0.0256. The van der Waals surface area contributed by atoms with Crippen LogP contribution in [-0.2, 0) is 6.42 Å². The summed E-state index contributed by atoms with van der Waals surface area (Å²) in [5.41, 5.74) is 4.07. The number of ether oxygens (including phenoxy) is 1. The van der Waals surface area contributed by atoms with E-state index in [-0.39, 0.29) is 18.2 Å². The van der Waals surface area contributed by atoms with Crippen LogP contribution in [0.1, 0.15) is 49.4 Å². The molecule has 2 aliphatic rings. The van der Waals surface area contributed by atoms with Crippen molar-refractivity contribution in [3.63, 3.8) is 0 Å². The third-order valence-corrected chi connectivity index (χ3v) is 6.33. The Morgan fingerprint density at radius 1 is 1.31 bits per heavy atom. The summed E-state index contributed by atoms with van der Waals surface area (Å²) < 4.78 is 11.3. The van der Waals surface area contributed by atoms with Crippen LogP contribution in [-0.4, -0.2) is 51.5 Å². The number of urea groups is 1. The van der Waals surface area contributed by atoms with Crippen LogP contribution in [0.4, 0.5) is 4.79 Å². The maximum Gasteiger partial charge on any atom is 0.318 e. The minimum Gasteiger partial charge on any atom is -0.490 e. The molecule has 0 unspecified atom stereocenters. The molecule has 1 atom stereocenters. The van der Waals surface area contributed by atoms with Crippen LogP contribution in [0.5, 0.6) is 5.75 Å². The number of amides is 2. The van der Waals surface area contributed by atoms with Crippen molar-refractivity contribution in [2.75, 3.05) is 13.1 Å². The molecule has 0 radical (unpaired) electrons. The summed E-state index contributed by atoms with van der Waals surface area (Å²) in [5, 5.41) is 26.3. The average Bonchev–Trinajstić information content (AvgIpc) is 3.32. The van der Waals surface area contributed by atoms with E-state index in [0.717, 1.165) is 36.0 Å². The average molecular weight is 474 g/mol. The second kappa shape index (κ2) is 9.39. The van der Waals surface area contributed by atoms with E-state index in [0.29, 0.717) is 41.7 Å². The van der Waals surface area contributed by atoms with Crippen LogP contribution in [0.15, 0.2) is 40.9 Å². The van der Waals surface area contributed by atoms with Gasteiger partial charge in [0.25, 0.3) is 5.89 Å². The van der Waals surface area contributed by atoms with Crippen LogP contribution in [0, 0.1) is 11.3 Å². The molecule has 2 heterocycles. The SMILES string of the molecule is CC(C)Oc1ccc(-c2nc(-c3cccc4c3CCC[C@H]4NC(=O)N3CC(O)C3)no2)cc1C#N. The largest absolute Gasteiger partial charge is 0.490 e. The number of benzene rings is 2. The highest BCUT2D eigenvalue weighted by Crippen LogP contribution is 2.36. The number of hydrogen-bond acceptors (Lipinski definition) is 7. The summed E-state index contributed by atoms with van der Waals surface area (Å²) in [5.74, 6) is 1.31. The van der Waals surface area contributed by atoms with Gasteiger partial charge in [0.2, 0.25) is 5.82 Å². The topological polar surface area (TPSA) is 125 Å². The molecule has 2 amide bonds. The van der Waals surface area contributed by atoms with E-state index in [2.05, 4.69) is 21.5 Å². The zero-order chi connectivity index (χ0) is 24.5. The zero-order valence-corrected chi connectivity index (χ0v) is 19.7. The Hall–Kier alpha value is -3.90. The summed E-state index contributed by atoms with van der Waals surface area (Å²) in [6.07, 6.45) is 2.15. The molecule has 9 heteroatoms. The highest BCUT2D eigenvalue weighted by atomic mass is 16.5. The Kier molecular flexibility index (Phi) is 6.14. The van der Waals surface area contributed by atoms with Crippen molar-refractivity contribution < 1.29 is 19.2 Å². The number of nitrogens with one attached hydrogen (secondary N) is 1. The van der Waals surface area contributed by atoms with Gasteiger partial charge in [-0.15, -0.1) is 0 Å². The van der Waals surface area contributed by atoms with Gasteiger partial charge in [-0.2, -0.15) is 10.2 Å². The van der Waals surface area contributed by atoms with Gasteiger partial charge in [0, 0.05) is 11.1 Å². The number of fused-ring (bicyclic) bond motifs is 1. The predicted molar refractivity (Wildman–Crippen MR) is 127 cm³/mol. The van der Waals surface area contributed by atoms with Gasteiger partial charge in [-0.3, -0.25) is 0 Å². The van der Waals surface area contributed by atoms with Gasteiger partial charge in [0.05, 0.1) is 36.9 Å². The van der Waals surface area contributed by atoms with E-state index < -0.39 is 6.10 Å². The first-order chi connectivity index (χ1) is 16.9. The second-order valence-corrected chi connectivity index (χ2v) is 9.24. The van der Waals surface area contributed by atoms with E-state index in [1.165, 1.54) is 0 Å². The van der Waals surface area contributed by atoms with Gasteiger partial charge < -0.3 is 24.6 Å². The summed E-state index contributed by atoms with van der Waals surface area (Å²) >= 11 is 0. The number of nitriles is 1. The molecule has 2 aromatic carbocycles. The molecule has 0 saturated carbocycles. The lowest BCUT2D eigenvalue weighted by Gasteiger charge is -2.37. The fraction of sp³-hybridized carbons (Fsp3) is 0.385. The summed E-state index contributed by atoms with van der Waals surface area (Å²) in [6.45, 7) is 4.56. The van der Waals surface area contributed by atoms with E-state index in [1.807, 2.05) is 32.0 Å². The minimum atomic E-state index is -0.429. The molecule has 1 aliphatic carbocycles. The molecule has 9 nitrogen and oxygen atoms in total. The molecule has 3 aromatic rings. The number of carbonyl (C=O) groups excluding carboxylic acids is 1. The third-order valence-electron chi connectivity index (χ3n) is 6.33. The van der Waals surface area contributed by atoms with Crippen LogP contribution < -0.4 is 10.1 Å². The second-order valence-electron chi connectivity index (χ2n) is 9.24. The fourth-order valence-corrected chi connectivity index (χ4v) is 4.63. The lowest BCUT2D eigenvalue weighted by atomic mass is 9.84. The number of β-amino-alcohol motifs (C(OH)–C–C–N with tert-alkyl or cyclic N) is 1. The summed E-state index contributed by atoms with van der Waals surface area (Å²) in [4.78, 5) is 18.8. The maximum atomic E-state index is 12.5. The van der Waals surface area contributed by atoms with Crippen LogP contribution in [0.2, 0.25) is 0 Å². The minimum absolute atomic E-state index is 0.0432.